The number of cyclic esters (lactones) is 1. The summed E-state index contributed by atoms with van der Waals surface area (Å²) in [7, 11) is 0. The van der Waals surface area contributed by atoms with Gasteiger partial charge in [-0.1, -0.05) is 34.8 Å². The van der Waals surface area contributed by atoms with Crippen LogP contribution in [0.1, 0.15) is 25.0 Å². The van der Waals surface area contributed by atoms with E-state index in [1.807, 2.05) is 0 Å². The van der Waals surface area contributed by atoms with Crippen LogP contribution in [0.25, 0.3) is 6.08 Å². The Labute approximate surface area is 181 Å². The molecule has 0 aromatic heterocycles. The summed E-state index contributed by atoms with van der Waals surface area (Å²) in [5, 5.41) is 0.900. The van der Waals surface area contributed by atoms with Crippen LogP contribution in [0.5, 0.6) is 11.5 Å². The Morgan fingerprint density at radius 2 is 1.93 bits per heavy atom. The van der Waals surface area contributed by atoms with Gasteiger partial charge in [-0.2, -0.15) is 0 Å². The predicted molar refractivity (Wildman–Crippen MR) is 111 cm³/mol. The van der Waals surface area contributed by atoms with Gasteiger partial charge < -0.3 is 14.2 Å². The van der Waals surface area contributed by atoms with E-state index in [9.17, 15) is 9.59 Å². The Bertz CT molecular complexity index is 1060. The highest BCUT2D eigenvalue weighted by Gasteiger charge is 2.26. The number of carbonyl (C=O) groups is 2. The molecule has 2 aromatic rings. The maximum Gasteiger partial charge on any atom is 0.363 e. The highest BCUT2D eigenvalue weighted by molar-refractivity contribution is 6.37. The highest BCUT2D eigenvalue weighted by Crippen LogP contribution is 2.38. The number of esters is 2. The molecule has 29 heavy (non-hydrogen) atoms. The molecule has 1 heterocycles. The van der Waals surface area contributed by atoms with Crippen LogP contribution in [0.15, 0.2) is 41.0 Å². The fourth-order valence-corrected chi connectivity index (χ4v) is 3.27. The summed E-state index contributed by atoms with van der Waals surface area (Å²) in [5.41, 5.74) is 0.990. The number of hydrogen-bond acceptors (Lipinski definition) is 6. The van der Waals surface area contributed by atoms with Gasteiger partial charge in [-0.15, -0.1) is 0 Å². The summed E-state index contributed by atoms with van der Waals surface area (Å²) in [4.78, 5) is 27.8. The Hall–Kier alpha value is -2.54. The summed E-state index contributed by atoms with van der Waals surface area (Å²) >= 11 is 18.3. The second-order valence-corrected chi connectivity index (χ2v) is 7.07. The first-order valence-electron chi connectivity index (χ1n) is 8.41. The average molecular weight is 455 g/mol. The molecule has 0 saturated carbocycles. The molecular formula is C20H14Cl3NO5. The van der Waals surface area contributed by atoms with Crippen molar-refractivity contribution in [3.63, 3.8) is 0 Å². The third-order valence-corrected chi connectivity index (χ3v) is 4.49. The van der Waals surface area contributed by atoms with Crippen molar-refractivity contribution >= 4 is 58.7 Å². The van der Waals surface area contributed by atoms with Crippen LogP contribution in [0.2, 0.25) is 15.1 Å². The van der Waals surface area contributed by atoms with E-state index in [1.165, 1.54) is 25.1 Å². The first-order chi connectivity index (χ1) is 13.8. The monoisotopic (exact) mass is 453 g/mol. The van der Waals surface area contributed by atoms with Crippen molar-refractivity contribution in [3.8, 4) is 11.5 Å². The smallest absolute Gasteiger partial charge is 0.363 e. The largest absolute Gasteiger partial charge is 0.490 e. The average Bonchev–Trinajstić information content (AvgIpc) is 2.98. The summed E-state index contributed by atoms with van der Waals surface area (Å²) < 4.78 is 15.8. The summed E-state index contributed by atoms with van der Waals surface area (Å²) in [6, 6.07) is 7.85. The number of benzene rings is 2. The van der Waals surface area contributed by atoms with E-state index in [0.29, 0.717) is 27.8 Å². The van der Waals surface area contributed by atoms with Crippen molar-refractivity contribution < 1.29 is 23.8 Å². The normalized spacial score (nSPS) is 14.6. The van der Waals surface area contributed by atoms with E-state index in [2.05, 4.69) is 4.99 Å². The maximum atomic E-state index is 12.2. The van der Waals surface area contributed by atoms with E-state index < -0.39 is 11.9 Å². The van der Waals surface area contributed by atoms with Crippen molar-refractivity contribution in [3.05, 3.63) is 62.2 Å². The zero-order valence-electron chi connectivity index (χ0n) is 15.3. The molecule has 0 amide bonds. The van der Waals surface area contributed by atoms with Gasteiger partial charge in [0.25, 0.3) is 0 Å². The standard InChI is InChI=1S/C20H14Cl3NO5/c1-3-27-17-8-11(6-15(23)18(17)28-10(2)25)7-16-20(26)29-19(24-16)13-5-4-12(21)9-14(13)22/h4-9H,3H2,1-2H3/b16-7-. The lowest BCUT2D eigenvalue weighted by Gasteiger charge is -2.12. The van der Waals surface area contributed by atoms with Gasteiger partial charge in [0.2, 0.25) is 5.90 Å². The molecule has 0 N–H and O–H groups in total. The fraction of sp³-hybridized carbons (Fsp3) is 0.150. The van der Waals surface area contributed by atoms with E-state index in [4.69, 9.17) is 49.0 Å². The van der Waals surface area contributed by atoms with E-state index in [0.717, 1.165) is 0 Å². The minimum absolute atomic E-state index is 0.0461. The van der Waals surface area contributed by atoms with Crippen molar-refractivity contribution in [1.29, 1.82) is 0 Å². The number of carbonyl (C=O) groups excluding carboxylic acids is 2. The predicted octanol–water partition coefficient (Wildman–Crippen LogP) is 5.32. The minimum atomic E-state index is -0.649. The zero-order valence-corrected chi connectivity index (χ0v) is 17.6. The van der Waals surface area contributed by atoms with Crippen LogP contribution in [0, 0.1) is 0 Å². The Morgan fingerprint density at radius 3 is 2.59 bits per heavy atom. The van der Waals surface area contributed by atoms with Crippen LogP contribution >= 0.6 is 34.8 Å². The topological polar surface area (TPSA) is 74.2 Å². The zero-order chi connectivity index (χ0) is 21.1. The van der Waals surface area contributed by atoms with E-state index in [1.54, 1.807) is 25.1 Å². The number of nitrogens with zero attached hydrogens (tertiary/aromatic N) is 1. The lowest BCUT2D eigenvalue weighted by Crippen LogP contribution is -2.06. The molecule has 1 aliphatic heterocycles. The molecule has 6 nitrogen and oxygen atoms in total. The van der Waals surface area contributed by atoms with Gasteiger partial charge in [-0.05, 0) is 48.9 Å². The van der Waals surface area contributed by atoms with Crippen molar-refractivity contribution in [1.82, 2.24) is 0 Å². The van der Waals surface area contributed by atoms with Gasteiger partial charge in [0.15, 0.2) is 17.2 Å². The van der Waals surface area contributed by atoms with Crippen LogP contribution in [0.4, 0.5) is 0 Å². The molecule has 0 spiro atoms. The van der Waals surface area contributed by atoms with Crippen molar-refractivity contribution in [2.75, 3.05) is 6.61 Å². The van der Waals surface area contributed by atoms with E-state index >= 15 is 0 Å². The van der Waals surface area contributed by atoms with Crippen molar-refractivity contribution in [2.24, 2.45) is 4.99 Å². The number of ether oxygens (including phenoxy) is 3. The molecule has 2 aromatic carbocycles. The first kappa shape index (κ1) is 21.2. The third-order valence-electron chi connectivity index (χ3n) is 3.66. The molecule has 9 heteroatoms. The number of hydrogen-bond donors (Lipinski definition) is 0. The minimum Gasteiger partial charge on any atom is -0.490 e. The molecule has 0 atom stereocenters. The van der Waals surface area contributed by atoms with Gasteiger partial charge >= 0.3 is 11.9 Å². The molecule has 3 rings (SSSR count). The maximum absolute atomic E-state index is 12.2. The van der Waals surface area contributed by atoms with Crippen LogP contribution in [0.3, 0.4) is 0 Å². The lowest BCUT2D eigenvalue weighted by atomic mass is 10.1. The quantitative estimate of drug-likeness (QED) is 0.347. The molecule has 0 unspecified atom stereocenters. The second kappa shape index (κ2) is 8.86. The summed E-state index contributed by atoms with van der Waals surface area (Å²) in [5.74, 6) is -0.750. The highest BCUT2D eigenvalue weighted by atomic mass is 35.5. The molecule has 1 aliphatic rings. The second-order valence-electron chi connectivity index (χ2n) is 5.82. The van der Waals surface area contributed by atoms with E-state index in [-0.39, 0.29) is 28.1 Å². The summed E-state index contributed by atoms with van der Waals surface area (Å²) in [6.07, 6.45) is 1.48. The SMILES string of the molecule is CCOc1cc(/C=C2\N=C(c3ccc(Cl)cc3Cl)OC2=O)cc(Cl)c1OC(C)=O. The molecule has 0 radical (unpaired) electrons. The number of aliphatic imine (C=N–C) groups is 1. The lowest BCUT2D eigenvalue weighted by molar-refractivity contribution is -0.132. The van der Waals surface area contributed by atoms with Crippen molar-refractivity contribution in [2.45, 2.75) is 13.8 Å². The first-order valence-corrected chi connectivity index (χ1v) is 9.54. The molecule has 0 fully saturated rings. The molecule has 0 aliphatic carbocycles. The molecule has 0 saturated heterocycles. The van der Waals surface area contributed by atoms with Crippen LogP contribution < -0.4 is 9.47 Å². The van der Waals surface area contributed by atoms with Crippen LogP contribution in [-0.4, -0.2) is 24.4 Å². The van der Waals surface area contributed by atoms with Gasteiger partial charge in [-0.25, -0.2) is 9.79 Å². The number of rotatable bonds is 5. The Morgan fingerprint density at radius 1 is 1.17 bits per heavy atom. The third kappa shape index (κ3) is 4.90. The molecule has 0 bridgehead atoms. The van der Waals surface area contributed by atoms with Gasteiger partial charge in [0.1, 0.15) is 0 Å². The van der Waals surface area contributed by atoms with Gasteiger partial charge in [-0.3, -0.25) is 4.79 Å². The van der Waals surface area contributed by atoms with Gasteiger partial charge in [0, 0.05) is 11.9 Å². The van der Waals surface area contributed by atoms with Gasteiger partial charge in [0.05, 0.1) is 22.2 Å². The summed E-state index contributed by atoms with van der Waals surface area (Å²) in [6.45, 7) is 3.36. The van der Waals surface area contributed by atoms with Crippen LogP contribution in [-0.2, 0) is 14.3 Å². The number of halogens is 3. The molecular weight excluding hydrogens is 441 g/mol. The Kier molecular flexibility index (Phi) is 6.47. The Balaban J connectivity index is 1.99. The molecule has 150 valence electrons. The fourth-order valence-electron chi connectivity index (χ4n) is 2.52.